The highest BCUT2D eigenvalue weighted by Gasteiger charge is 2.19. The molecule has 0 aliphatic heterocycles. The lowest BCUT2D eigenvalue weighted by Crippen LogP contribution is -2.38. The van der Waals surface area contributed by atoms with Gasteiger partial charge in [0.1, 0.15) is 0 Å². The maximum Gasteiger partial charge on any atom is 0.232 e. The summed E-state index contributed by atoms with van der Waals surface area (Å²) >= 11 is 5.94. The molecule has 0 spiro atoms. The van der Waals surface area contributed by atoms with E-state index in [0.717, 1.165) is 22.9 Å². The Morgan fingerprint density at radius 3 is 2.50 bits per heavy atom. The standard InChI is InChI=1S/C19H23ClN2O3S/c1-14-5-4-6-16(11-14)13-19(23)21-9-10-22(26(3,24)25)18-8-7-17(20)12-15(18)2/h4-8,11-12H,9-10,13H2,1-3H3,(H,21,23). The molecule has 0 aliphatic carbocycles. The Morgan fingerprint density at radius 1 is 1.15 bits per heavy atom. The fourth-order valence-corrected chi connectivity index (χ4v) is 3.94. The number of carbonyl (C=O) groups is 1. The Kier molecular flexibility index (Phi) is 6.67. The summed E-state index contributed by atoms with van der Waals surface area (Å²) in [6.45, 7) is 4.15. The first-order valence-electron chi connectivity index (χ1n) is 8.23. The summed E-state index contributed by atoms with van der Waals surface area (Å²) in [5.74, 6) is -0.142. The number of hydrogen-bond donors (Lipinski definition) is 1. The van der Waals surface area contributed by atoms with E-state index in [4.69, 9.17) is 11.6 Å². The number of amides is 1. The fraction of sp³-hybridized carbons (Fsp3) is 0.316. The first-order valence-corrected chi connectivity index (χ1v) is 10.5. The number of halogens is 1. The average Bonchev–Trinajstić information content (AvgIpc) is 2.51. The largest absolute Gasteiger partial charge is 0.354 e. The Hall–Kier alpha value is -2.05. The van der Waals surface area contributed by atoms with Crippen molar-refractivity contribution in [3.05, 3.63) is 64.2 Å². The third-order valence-electron chi connectivity index (χ3n) is 3.91. The van der Waals surface area contributed by atoms with Crippen LogP contribution in [0, 0.1) is 13.8 Å². The highest BCUT2D eigenvalue weighted by molar-refractivity contribution is 7.92. The number of benzene rings is 2. The van der Waals surface area contributed by atoms with Crippen LogP contribution in [0.25, 0.3) is 0 Å². The Balaban J connectivity index is 2.01. The molecule has 1 N–H and O–H groups in total. The van der Waals surface area contributed by atoms with Gasteiger partial charge in [-0.3, -0.25) is 9.10 Å². The van der Waals surface area contributed by atoms with Crippen LogP contribution in [-0.2, 0) is 21.2 Å². The van der Waals surface area contributed by atoms with E-state index in [-0.39, 0.29) is 25.4 Å². The third-order valence-corrected chi connectivity index (χ3v) is 5.33. The number of hydrogen-bond acceptors (Lipinski definition) is 3. The maximum absolute atomic E-state index is 12.2. The second-order valence-electron chi connectivity index (χ2n) is 6.28. The summed E-state index contributed by atoms with van der Waals surface area (Å²) in [4.78, 5) is 12.1. The number of nitrogens with one attached hydrogen (secondary N) is 1. The number of rotatable bonds is 7. The Bertz CT molecular complexity index is 897. The number of sulfonamides is 1. The molecular weight excluding hydrogens is 372 g/mol. The van der Waals surface area contributed by atoms with Gasteiger partial charge in [0.25, 0.3) is 0 Å². The molecule has 0 aromatic heterocycles. The monoisotopic (exact) mass is 394 g/mol. The molecule has 0 saturated heterocycles. The van der Waals surface area contributed by atoms with E-state index in [1.54, 1.807) is 25.1 Å². The van der Waals surface area contributed by atoms with Crippen molar-refractivity contribution in [2.45, 2.75) is 20.3 Å². The van der Waals surface area contributed by atoms with Crippen molar-refractivity contribution < 1.29 is 13.2 Å². The molecule has 0 bridgehead atoms. The molecule has 0 saturated carbocycles. The van der Waals surface area contributed by atoms with E-state index < -0.39 is 10.0 Å². The van der Waals surface area contributed by atoms with E-state index in [9.17, 15) is 13.2 Å². The van der Waals surface area contributed by atoms with Crippen molar-refractivity contribution in [2.75, 3.05) is 23.7 Å². The lowest BCUT2D eigenvalue weighted by atomic mass is 10.1. The van der Waals surface area contributed by atoms with Crippen LogP contribution in [-0.4, -0.2) is 33.7 Å². The van der Waals surface area contributed by atoms with E-state index in [0.29, 0.717) is 10.7 Å². The van der Waals surface area contributed by atoms with Gasteiger partial charge < -0.3 is 5.32 Å². The molecule has 7 heteroatoms. The van der Waals surface area contributed by atoms with Gasteiger partial charge in [0, 0.05) is 11.6 Å². The maximum atomic E-state index is 12.2. The molecule has 2 rings (SSSR count). The van der Waals surface area contributed by atoms with Crippen LogP contribution in [0.5, 0.6) is 0 Å². The van der Waals surface area contributed by atoms with Crippen LogP contribution >= 0.6 is 11.6 Å². The molecular formula is C19H23ClN2O3S. The topological polar surface area (TPSA) is 66.5 Å². The van der Waals surface area contributed by atoms with Gasteiger partial charge >= 0.3 is 0 Å². The smallest absolute Gasteiger partial charge is 0.232 e. The van der Waals surface area contributed by atoms with E-state index in [2.05, 4.69) is 5.32 Å². The Morgan fingerprint density at radius 2 is 1.88 bits per heavy atom. The van der Waals surface area contributed by atoms with Gasteiger partial charge in [0.15, 0.2) is 0 Å². The summed E-state index contributed by atoms with van der Waals surface area (Å²) in [6, 6.07) is 12.8. The van der Waals surface area contributed by atoms with Gasteiger partial charge in [0.05, 0.1) is 24.9 Å². The first kappa shape index (κ1) is 20.3. The zero-order chi connectivity index (χ0) is 19.3. The summed E-state index contributed by atoms with van der Waals surface area (Å²) < 4.78 is 25.6. The third kappa shape index (κ3) is 5.75. The molecule has 0 fully saturated rings. The molecule has 5 nitrogen and oxygen atoms in total. The van der Waals surface area contributed by atoms with Crippen molar-refractivity contribution in [3.63, 3.8) is 0 Å². The lowest BCUT2D eigenvalue weighted by Gasteiger charge is -2.24. The number of aryl methyl sites for hydroxylation is 2. The second kappa shape index (κ2) is 8.56. The molecule has 1 amide bonds. The van der Waals surface area contributed by atoms with Crippen molar-refractivity contribution >= 4 is 33.2 Å². The average molecular weight is 395 g/mol. The quantitative estimate of drug-likeness (QED) is 0.784. The van der Waals surface area contributed by atoms with Crippen LogP contribution in [0.15, 0.2) is 42.5 Å². The van der Waals surface area contributed by atoms with Gasteiger partial charge in [-0.05, 0) is 43.2 Å². The minimum atomic E-state index is -3.48. The summed E-state index contributed by atoms with van der Waals surface area (Å²) in [5.41, 5.74) is 3.34. The summed E-state index contributed by atoms with van der Waals surface area (Å²) in [6.07, 6.45) is 1.41. The molecule has 0 unspecified atom stereocenters. The zero-order valence-corrected chi connectivity index (χ0v) is 16.7. The van der Waals surface area contributed by atoms with Crippen LogP contribution < -0.4 is 9.62 Å². The van der Waals surface area contributed by atoms with E-state index >= 15 is 0 Å². The summed E-state index contributed by atoms with van der Waals surface area (Å²) in [5, 5.41) is 3.33. The summed E-state index contributed by atoms with van der Waals surface area (Å²) in [7, 11) is -3.48. The van der Waals surface area contributed by atoms with Crippen LogP contribution in [0.3, 0.4) is 0 Å². The van der Waals surface area contributed by atoms with Crippen molar-refractivity contribution in [1.82, 2.24) is 5.32 Å². The molecule has 0 heterocycles. The molecule has 0 atom stereocenters. The normalized spacial score (nSPS) is 11.2. The number of carbonyl (C=O) groups excluding carboxylic acids is 1. The van der Waals surface area contributed by atoms with Crippen LogP contribution in [0.1, 0.15) is 16.7 Å². The van der Waals surface area contributed by atoms with E-state index in [1.807, 2.05) is 31.2 Å². The zero-order valence-electron chi connectivity index (χ0n) is 15.1. The highest BCUT2D eigenvalue weighted by Crippen LogP contribution is 2.25. The molecule has 26 heavy (non-hydrogen) atoms. The predicted octanol–water partition coefficient (Wildman–Crippen LogP) is 3.08. The molecule has 2 aromatic carbocycles. The molecule has 0 radical (unpaired) electrons. The van der Waals surface area contributed by atoms with Crippen molar-refractivity contribution in [1.29, 1.82) is 0 Å². The molecule has 140 valence electrons. The van der Waals surface area contributed by atoms with Crippen molar-refractivity contribution in [2.24, 2.45) is 0 Å². The number of anilines is 1. The predicted molar refractivity (Wildman–Crippen MR) is 106 cm³/mol. The van der Waals surface area contributed by atoms with Gasteiger partial charge in [-0.1, -0.05) is 41.4 Å². The second-order valence-corrected chi connectivity index (χ2v) is 8.62. The van der Waals surface area contributed by atoms with Gasteiger partial charge in [-0.25, -0.2) is 8.42 Å². The molecule has 0 aliphatic rings. The van der Waals surface area contributed by atoms with Crippen LogP contribution in [0.2, 0.25) is 5.02 Å². The highest BCUT2D eigenvalue weighted by atomic mass is 35.5. The lowest BCUT2D eigenvalue weighted by molar-refractivity contribution is -0.120. The van der Waals surface area contributed by atoms with Gasteiger partial charge in [-0.2, -0.15) is 0 Å². The van der Waals surface area contributed by atoms with E-state index in [1.165, 1.54) is 4.31 Å². The SMILES string of the molecule is Cc1cccc(CC(=O)NCCN(c2ccc(Cl)cc2C)S(C)(=O)=O)c1. The van der Waals surface area contributed by atoms with Gasteiger partial charge in [-0.15, -0.1) is 0 Å². The number of nitrogens with zero attached hydrogens (tertiary/aromatic N) is 1. The minimum Gasteiger partial charge on any atom is -0.354 e. The Labute approximate surface area is 160 Å². The van der Waals surface area contributed by atoms with Crippen LogP contribution in [0.4, 0.5) is 5.69 Å². The minimum absolute atomic E-state index is 0.142. The van der Waals surface area contributed by atoms with Gasteiger partial charge in [0.2, 0.25) is 15.9 Å². The fourth-order valence-electron chi connectivity index (χ4n) is 2.73. The first-order chi connectivity index (χ1) is 12.2. The van der Waals surface area contributed by atoms with Crippen molar-refractivity contribution in [3.8, 4) is 0 Å². The molecule has 2 aromatic rings.